The van der Waals surface area contributed by atoms with E-state index in [4.69, 9.17) is 16.3 Å². The van der Waals surface area contributed by atoms with Crippen LogP contribution >= 0.6 is 11.6 Å². The summed E-state index contributed by atoms with van der Waals surface area (Å²) in [5.74, 6) is 0.703. The highest BCUT2D eigenvalue weighted by atomic mass is 35.5. The minimum atomic E-state index is -0.502. The molecule has 3 nitrogen and oxygen atoms in total. The number of piperidine rings is 1. The second kappa shape index (κ2) is 7.30. The number of aliphatic hydroxyl groups excluding tert-OH is 1. The molecular weight excluding hydrogens is 274 g/mol. The number of hydrogen-bond donors (Lipinski definition) is 1. The molecule has 1 aliphatic rings. The molecule has 0 aromatic heterocycles. The molecule has 112 valence electrons. The summed E-state index contributed by atoms with van der Waals surface area (Å²) in [5, 5.41) is 10.1. The number of benzene rings is 1. The van der Waals surface area contributed by atoms with E-state index >= 15 is 0 Å². The van der Waals surface area contributed by atoms with Crippen molar-refractivity contribution in [2.45, 2.75) is 44.8 Å². The topological polar surface area (TPSA) is 32.7 Å². The first-order chi connectivity index (χ1) is 9.58. The van der Waals surface area contributed by atoms with Gasteiger partial charge in [-0.1, -0.05) is 24.1 Å². The third-order valence-electron chi connectivity index (χ3n) is 4.07. The van der Waals surface area contributed by atoms with Crippen LogP contribution in [0.15, 0.2) is 18.2 Å². The number of nitrogens with zero attached hydrogens (tertiary/aromatic N) is 1. The highest BCUT2D eigenvalue weighted by molar-refractivity contribution is 6.32. The van der Waals surface area contributed by atoms with E-state index in [0.717, 1.165) is 12.0 Å². The second-order valence-corrected chi connectivity index (χ2v) is 6.04. The van der Waals surface area contributed by atoms with Gasteiger partial charge in [-0.3, -0.25) is 0 Å². The Labute approximate surface area is 126 Å². The fourth-order valence-electron chi connectivity index (χ4n) is 2.71. The predicted octanol–water partition coefficient (Wildman–Crippen LogP) is 3.65. The minimum absolute atomic E-state index is 0.502. The maximum Gasteiger partial charge on any atom is 0.137 e. The Balaban J connectivity index is 1.84. The lowest BCUT2D eigenvalue weighted by molar-refractivity contribution is 0.153. The van der Waals surface area contributed by atoms with Crippen LogP contribution in [0.1, 0.15) is 44.3 Å². The van der Waals surface area contributed by atoms with Gasteiger partial charge in [0, 0.05) is 6.04 Å². The van der Waals surface area contributed by atoms with Crippen molar-refractivity contribution in [2.24, 2.45) is 0 Å². The summed E-state index contributed by atoms with van der Waals surface area (Å²) in [6.07, 6.45) is 4.41. The Bertz CT molecular complexity index is 436. The highest BCUT2D eigenvalue weighted by Gasteiger charge is 2.18. The molecule has 0 saturated carbocycles. The van der Waals surface area contributed by atoms with Crippen LogP contribution in [-0.4, -0.2) is 36.2 Å². The molecule has 0 amide bonds. The van der Waals surface area contributed by atoms with Crippen molar-refractivity contribution in [2.75, 3.05) is 20.2 Å². The van der Waals surface area contributed by atoms with Crippen molar-refractivity contribution in [3.8, 4) is 5.75 Å². The quantitative estimate of drug-likeness (QED) is 0.900. The summed E-state index contributed by atoms with van der Waals surface area (Å²) in [6, 6.07) is 6.10. The normalized spacial score (nSPS) is 21.7. The van der Waals surface area contributed by atoms with Crippen LogP contribution in [0.3, 0.4) is 0 Å². The molecule has 2 atom stereocenters. The van der Waals surface area contributed by atoms with Crippen molar-refractivity contribution in [3.05, 3.63) is 28.8 Å². The number of rotatable bonds is 5. The van der Waals surface area contributed by atoms with Gasteiger partial charge in [-0.2, -0.15) is 0 Å². The molecule has 4 heteroatoms. The Hall–Kier alpha value is -0.770. The van der Waals surface area contributed by atoms with E-state index in [9.17, 15) is 5.11 Å². The average Bonchev–Trinajstić information content (AvgIpc) is 2.42. The van der Waals surface area contributed by atoms with E-state index in [1.807, 2.05) is 12.1 Å². The van der Waals surface area contributed by atoms with Gasteiger partial charge in [-0.05, 0) is 57.5 Å². The van der Waals surface area contributed by atoms with E-state index < -0.39 is 6.10 Å². The van der Waals surface area contributed by atoms with Gasteiger partial charge in [0.05, 0.1) is 17.7 Å². The maximum absolute atomic E-state index is 9.51. The predicted molar refractivity (Wildman–Crippen MR) is 82.5 cm³/mol. The van der Waals surface area contributed by atoms with Gasteiger partial charge in [-0.25, -0.2) is 0 Å². The summed E-state index contributed by atoms with van der Waals surface area (Å²) in [5.41, 5.74) is 0.814. The van der Waals surface area contributed by atoms with Crippen LogP contribution in [0.4, 0.5) is 0 Å². The summed E-state index contributed by atoms with van der Waals surface area (Å²) >= 11 is 6.18. The molecule has 1 saturated heterocycles. The lowest BCUT2D eigenvalue weighted by Gasteiger charge is -2.32. The van der Waals surface area contributed by atoms with Crippen LogP contribution in [-0.2, 0) is 0 Å². The number of aliphatic hydroxyl groups is 1. The first-order valence-corrected chi connectivity index (χ1v) is 7.76. The van der Waals surface area contributed by atoms with Gasteiger partial charge in [0.2, 0.25) is 0 Å². The van der Waals surface area contributed by atoms with E-state index in [1.165, 1.54) is 25.8 Å². The molecule has 1 aromatic rings. The van der Waals surface area contributed by atoms with Gasteiger partial charge in [0.25, 0.3) is 0 Å². The molecule has 2 rings (SSSR count). The Morgan fingerprint density at radius 2 is 2.25 bits per heavy atom. The molecule has 1 aromatic carbocycles. The smallest absolute Gasteiger partial charge is 0.137 e. The van der Waals surface area contributed by atoms with Gasteiger partial charge >= 0.3 is 0 Å². The second-order valence-electron chi connectivity index (χ2n) is 5.63. The van der Waals surface area contributed by atoms with Gasteiger partial charge in [0.1, 0.15) is 5.75 Å². The number of hydrogen-bond acceptors (Lipinski definition) is 3. The molecule has 20 heavy (non-hydrogen) atoms. The molecule has 0 bridgehead atoms. The standard InChI is InChI=1S/C16H24ClNO2/c1-12(19)13-6-7-16(15(17)11-13)20-10-8-14-5-3-4-9-18(14)2/h6-7,11-12,14,19H,3-5,8-10H2,1-2H3/t12-,14?/m1/s1. The van der Waals surface area contributed by atoms with Crippen molar-refractivity contribution >= 4 is 11.6 Å². The SMILES string of the molecule is C[C@@H](O)c1ccc(OCCC2CCCCN2C)c(Cl)c1. The van der Waals surface area contributed by atoms with Crippen molar-refractivity contribution in [1.29, 1.82) is 0 Å². The van der Waals surface area contributed by atoms with Crippen LogP contribution in [0, 0.1) is 0 Å². The third-order valence-corrected chi connectivity index (χ3v) is 4.36. The summed E-state index contributed by atoms with van der Waals surface area (Å²) in [4.78, 5) is 2.42. The van der Waals surface area contributed by atoms with Gasteiger partial charge < -0.3 is 14.7 Å². The lowest BCUT2D eigenvalue weighted by atomic mass is 10.0. The highest BCUT2D eigenvalue weighted by Crippen LogP contribution is 2.28. The Morgan fingerprint density at radius 1 is 1.45 bits per heavy atom. The van der Waals surface area contributed by atoms with Crippen LogP contribution < -0.4 is 4.74 Å². The van der Waals surface area contributed by atoms with E-state index in [1.54, 1.807) is 13.0 Å². The van der Waals surface area contributed by atoms with Gasteiger partial charge in [0.15, 0.2) is 0 Å². The zero-order valence-corrected chi connectivity index (χ0v) is 13.1. The average molecular weight is 298 g/mol. The maximum atomic E-state index is 9.51. The van der Waals surface area contributed by atoms with E-state index in [-0.39, 0.29) is 0 Å². The van der Waals surface area contributed by atoms with Crippen molar-refractivity contribution in [3.63, 3.8) is 0 Å². The molecule has 0 radical (unpaired) electrons. The summed E-state index contributed by atoms with van der Waals surface area (Å²) < 4.78 is 5.78. The van der Waals surface area contributed by atoms with Crippen molar-refractivity contribution in [1.82, 2.24) is 4.90 Å². The fourth-order valence-corrected chi connectivity index (χ4v) is 2.95. The molecule has 0 aliphatic carbocycles. The van der Waals surface area contributed by atoms with Gasteiger partial charge in [-0.15, -0.1) is 0 Å². The molecule has 1 N–H and O–H groups in total. The molecular formula is C16H24ClNO2. The zero-order chi connectivity index (χ0) is 14.5. The Kier molecular flexibility index (Phi) is 5.70. The molecule has 1 fully saturated rings. The van der Waals surface area contributed by atoms with E-state index in [0.29, 0.717) is 23.4 Å². The van der Waals surface area contributed by atoms with E-state index in [2.05, 4.69) is 11.9 Å². The molecule has 1 heterocycles. The zero-order valence-electron chi connectivity index (χ0n) is 12.3. The van der Waals surface area contributed by atoms with Crippen molar-refractivity contribution < 1.29 is 9.84 Å². The number of likely N-dealkylation sites (tertiary alicyclic amines) is 1. The number of halogens is 1. The summed E-state index contributed by atoms with van der Waals surface area (Å²) in [6.45, 7) is 3.60. The lowest BCUT2D eigenvalue weighted by Crippen LogP contribution is -2.37. The van der Waals surface area contributed by atoms with Crippen LogP contribution in [0.2, 0.25) is 5.02 Å². The van der Waals surface area contributed by atoms with Crippen LogP contribution in [0.25, 0.3) is 0 Å². The summed E-state index contributed by atoms with van der Waals surface area (Å²) in [7, 11) is 2.19. The molecule has 1 aliphatic heterocycles. The Morgan fingerprint density at radius 3 is 2.90 bits per heavy atom. The fraction of sp³-hybridized carbons (Fsp3) is 0.625. The first kappa shape index (κ1) is 15.6. The number of ether oxygens (including phenoxy) is 1. The minimum Gasteiger partial charge on any atom is -0.492 e. The van der Waals surface area contributed by atoms with Crippen LogP contribution in [0.5, 0.6) is 5.75 Å². The molecule has 1 unspecified atom stereocenters. The molecule has 0 spiro atoms. The monoisotopic (exact) mass is 297 g/mol. The largest absolute Gasteiger partial charge is 0.492 e. The first-order valence-electron chi connectivity index (χ1n) is 7.38. The third kappa shape index (κ3) is 4.11.